The van der Waals surface area contributed by atoms with Crippen LogP contribution < -0.4 is 47.7 Å². The maximum Gasteiger partial charge on any atom is 0 e. The summed E-state index contributed by atoms with van der Waals surface area (Å²) in [5, 5.41) is 12.6. The summed E-state index contributed by atoms with van der Waals surface area (Å²) in [4.78, 5) is 0. The second kappa shape index (κ2) is 25.1. The molecule has 5 heteroatoms. The van der Waals surface area contributed by atoms with Gasteiger partial charge in [0.1, 0.15) is 0 Å². The molecule has 0 spiro atoms. The summed E-state index contributed by atoms with van der Waals surface area (Å²) in [5.74, 6) is 0. The summed E-state index contributed by atoms with van der Waals surface area (Å²) in [6.45, 7) is 0. The zero-order valence-electron chi connectivity index (χ0n) is 32.6. The predicted octanol–water partition coefficient (Wildman–Crippen LogP) is 10.9. The van der Waals surface area contributed by atoms with Crippen molar-refractivity contribution < 1.29 is 19.5 Å². The topological polar surface area (TPSA) is 0 Å². The first-order chi connectivity index (χ1) is 28.3. The van der Waals surface area contributed by atoms with Crippen molar-refractivity contribution in [3.63, 3.8) is 0 Å². The van der Waals surface area contributed by atoms with Crippen molar-refractivity contribution >= 4 is 88.5 Å². The molecular weight excluding hydrogens is 924 g/mol. The molecule has 9 rings (SSSR count). The van der Waals surface area contributed by atoms with Gasteiger partial charge < -0.3 is 0 Å². The van der Waals surface area contributed by atoms with Gasteiger partial charge in [0.2, 0.25) is 0 Å². The molecule has 0 aliphatic rings. The third kappa shape index (κ3) is 13.2. The molecule has 0 saturated carbocycles. The Morgan fingerprint density at radius 3 is 0.322 bits per heavy atom. The Morgan fingerprint density at radius 1 is 0.153 bits per heavy atom. The molecule has 0 fully saturated rings. The first kappa shape index (κ1) is 45.5. The monoisotopic (exact) mass is 969 g/mol. The fourth-order valence-electron chi connectivity index (χ4n) is 6.54. The summed E-state index contributed by atoms with van der Waals surface area (Å²) >= 11 is 0. The van der Waals surface area contributed by atoms with Crippen LogP contribution in [-0.2, 0) is 19.5 Å². The quantitative estimate of drug-likeness (QED) is 0.0999. The molecule has 9 aromatic carbocycles. The van der Waals surface area contributed by atoms with Gasteiger partial charge in [0.05, 0.1) is 0 Å². The van der Waals surface area contributed by atoms with E-state index in [-0.39, 0.29) is 36.5 Å². The van der Waals surface area contributed by atoms with Crippen molar-refractivity contribution in [1.82, 2.24) is 0 Å². The molecule has 0 unspecified atom stereocenters. The van der Waals surface area contributed by atoms with Crippen LogP contribution in [0.2, 0.25) is 0 Å². The minimum Gasteiger partial charge on any atom is -0.114 e. The molecule has 9 aromatic rings. The van der Waals surface area contributed by atoms with Crippen LogP contribution in [0, 0.1) is 0 Å². The van der Waals surface area contributed by atoms with Crippen LogP contribution in [0.1, 0.15) is 0 Å². The molecule has 1 radical (unpaired) electrons. The average Bonchev–Trinajstić information content (AvgIpc) is 3.30. The Hall–Kier alpha value is -4.63. The molecule has 0 aliphatic heterocycles. The van der Waals surface area contributed by atoms with E-state index in [9.17, 15) is 0 Å². The van der Waals surface area contributed by atoms with E-state index in [0.717, 1.165) is 0 Å². The van der Waals surface area contributed by atoms with Crippen LogP contribution >= 0.6 is 40.7 Å². The minimum absolute atomic E-state index is 0. The van der Waals surface area contributed by atoms with Gasteiger partial charge >= 0.3 is 0 Å². The van der Waals surface area contributed by atoms with E-state index in [1.807, 2.05) is 0 Å². The van der Waals surface area contributed by atoms with Gasteiger partial charge in [-0.15, -0.1) is 17.0 Å². The third-order valence-electron chi connectivity index (χ3n) is 9.13. The van der Waals surface area contributed by atoms with Crippen LogP contribution in [0.4, 0.5) is 0 Å². The normalized spacial score (nSPS) is 10.2. The fourth-order valence-corrected chi connectivity index (χ4v) is 13.5. The summed E-state index contributed by atoms with van der Waals surface area (Å²) in [6, 6.07) is 97.0. The number of hydrogen-bond donors (Lipinski definition) is 0. The first-order valence-corrected chi connectivity index (χ1v) is 23.2. The van der Waals surface area contributed by atoms with Crippen LogP contribution in [0.3, 0.4) is 0 Å². The molecule has 59 heavy (non-hydrogen) atoms. The number of rotatable bonds is 9. The Morgan fingerprint density at radius 2 is 0.237 bits per heavy atom. The number of benzene rings is 9. The number of hydrogen-bond acceptors (Lipinski definition) is 0. The molecule has 0 atom stereocenters. The Labute approximate surface area is 378 Å². The van der Waals surface area contributed by atoms with Crippen molar-refractivity contribution in [3.05, 3.63) is 273 Å². The van der Waals surface area contributed by atoms with Crippen molar-refractivity contribution in [2.75, 3.05) is 0 Å². The fraction of sp³-hybridized carbons (Fsp3) is 0. The van der Waals surface area contributed by atoms with E-state index in [1.165, 1.54) is 47.7 Å². The molecule has 0 N–H and O–H groups in total. The average molecular weight is 971 g/mol. The first-order valence-electron chi connectivity index (χ1n) is 19.2. The van der Waals surface area contributed by atoms with E-state index in [2.05, 4.69) is 273 Å². The van der Waals surface area contributed by atoms with E-state index in [1.54, 1.807) is 0 Å². The Bertz CT molecular complexity index is 1870. The van der Waals surface area contributed by atoms with E-state index in [4.69, 9.17) is 0 Å². The van der Waals surface area contributed by atoms with E-state index < -0.39 is 23.8 Å². The standard InChI is InChI=1S/3C18H15P.BrH.Rh/c3*1-4-10-16(11-5-1)19(17-12-6-2-7-13-17)18-14-8-3-9-15-18;;/h3*1-15H;1H;. The van der Waals surface area contributed by atoms with Crippen LogP contribution in [0.5, 0.6) is 0 Å². The third-order valence-corrected chi connectivity index (χ3v) is 16.5. The van der Waals surface area contributed by atoms with Crippen molar-refractivity contribution in [1.29, 1.82) is 0 Å². The molecule has 0 aliphatic carbocycles. The predicted molar refractivity (Wildman–Crippen MR) is 266 cm³/mol. The summed E-state index contributed by atoms with van der Waals surface area (Å²) in [6.07, 6.45) is 0. The van der Waals surface area contributed by atoms with Gasteiger partial charge in [-0.05, 0) is 71.5 Å². The number of halogens is 1. The van der Waals surface area contributed by atoms with E-state index in [0.29, 0.717) is 0 Å². The Balaban J connectivity index is 0.000000165. The molecule has 0 bridgehead atoms. The second-order valence-corrected chi connectivity index (χ2v) is 19.7. The largest absolute Gasteiger partial charge is 0.114 e. The zero-order chi connectivity index (χ0) is 38.7. The maximum atomic E-state index is 2.23. The van der Waals surface area contributed by atoms with Crippen molar-refractivity contribution in [2.45, 2.75) is 0 Å². The van der Waals surface area contributed by atoms with Gasteiger partial charge in [-0.1, -0.05) is 273 Å². The SMILES string of the molecule is Br.[Rh].c1ccc(P(c2ccccc2)c2ccccc2)cc1.c1ccc(P(c2ccccc2)c2ccccc2)cc1.c1ccc(P(c2ccccc2)c2ccccc2)cc1. The molecule has 0 aromatic heterocycles. The summed E-state index contributed by atoms with van der Waals surface area (Å²) < 4.78 is 0. The van der Waals surface area contributed by atoms with Gasteiger partial charge in [-0.25, -0.2) is 0 Å². The molecular formula is C54H46BrP3Rh. The van der Waals surface area contributed by atoms with E-state index >= 15 is 0 Å². The van der Waals surface area contributed by atoms with Gasteiger partial charge in [0.25, 0.3) is 0 Å². The van der Waals surface area contributed by atoms with Crippen LogP contribution in [-0.4, -0.2) is 0 Å². The minimum atomic E-state index is -0.446. The van der Waals surface area contributed by atoms with Gasteiger partial charge in [0, 0.05) is 19.5 Å². The summed E-state index contributed by atoms with van der Waals surface area (Å²) in [5.41, 5.74) is 0. The van der Waals surface area contributed by atoms with Crippen LogP contribution in [0.15, 0.2) is 273 Å². The Kier molecular flexibility index (Phi) is 19.3. The van der Waals surface area contributed by atoms with Gasteiger partial charge in [0.15, 0.2) is 0 Å². The van der Waals surface area contributed by atoms with Gasteiger partial charge in [-0.2, -0.15) is 0 Å². The van der Waals surface area contributed by atoms with Crippen LogP contribution in [0.25, 0.3) is 0 Å². The zero-order valence-corrected chi connectivity index (χ0v) is 38.6. The molecule has 0 saturated heterocycles. The smallest absolute Gasteiger partial charge is 0 e. The molecule has 293 valence electrons. The van der Waals surface area contributed by atoms with Crippen molar-refractivity contribution in [2.24, 2.45) is 0 Å². The molecule has 0 heterocycles. The molecule has 0 nitrogen and oxygen atoms in total. The molecule has 0 amide bonds. The van der Waals surface area contributed by atoms with Gasteiger partial charge in [-0.3, -0.25) is 0 Å². The maximum absolute atomic E-state index is 2.23. The second-order valence-electron chi connectivity index (χ2n) is 13.0. The van der Waals surface area contributed by atoms with Crippen molar-refractivity contribution in [3.8, 4) is 0 Å². The summed E-state index contributed by atoms with van der Waals surface area (Å²) in [7, 11) is -1.34.